The summed E-state index contributed by atoms with van der Waals surface area (Å²) < 4.78 is 0. The Bertz CT molecular complexity index is 132. The van der Waals surface area contributed by atoms with Gasteiger partial charge < -0.3 is 5.32 Å². The maximum atomic E-state index is 3.60. The Morgan fingerprint density at radius 3 is 2.50 bits per heavy atom. The third-order valence-corrected chi connectivity index (χ3v) is 2.94. The first kappa shape index (κ1) is 10.0. The lowest BCUT2D eigenvalue weighted by molar-refractivity contribution is 0.213. The van der Waals surface area contributed by atoms with E-state index in [1.807, 2.05) is 0 Å². The molecule has 1 saturated heterocycles. The number of nitrogens with one attached hydrogen (secondary N) is 1. The summed E-state index contributed by atoms with van der Waals surface area (Å²) in [6.45, 7) is 10.7. The zero-order valence-electron chi connectivity index (χ0n) is 8.98. The van der Waals surface area contributed by atoms with Crippen molar-refractivity contribution in [2.75, 3.05) is 6.54 Å². The Kier molecular flexibility index (Phi) is 3.16. The van der Waals surface area contributed by atoms with Gasteiger partial charge in [0.1, 0.15) is 0 Å². The normalized spacial score (nSPS) is 25.2. The van der Waals surface area contributed by atoms with Crippen molar-refractivity contribution in [1.82, 2.24) is 5.32 Å². The van der Waals surface area contributed by atoms with Crippen LogP contribution in [-0.4, -0.2) is 12.6 Å². The minimum atomic E-state index is 0.491. The molecule has 1 aliphatic rings. The summed E-state index contributed by atoms with van der Waals surface area (Å²) in [5, 5.41) is 3.60. The van der Waals surface area contributed by atoms with E-state index in [1.165, 1.54) is 25.8 Å². The van der Waals surface area contributed by atoms with E-state index in [9.17, 15) is 0 Å². The first-order valence-corrected chi connectivity index (χ1v) is 5.26. The van der Waals surface area contributed by atoms with E-state index in [-0.39, 0.29) is 0 Å². The van der Waals surface area contributed by atoms with Gasteiger partial charge in [0.05, 0.1) is 0 Å². The first-order chi connectivity index (χ1) is 5.52. The molecular weight excluding hydrogens is 146 g/mol. The Morgan fingerprint density at radius 2 is 2.08 bits per heavy atom. The summed E-state index contributed by atoms with van der Waals surface area (Å²) in [4.78, 5) is 0. The van der Waals surface area contributed by atoms with Crippen LogP contribution >= 0.6 is 0 Å². The molecule has 1 heteroatoms. The third-order valence-electron chi connectivity index (χ3n) is 2.94. The van der Waals surface area contributed by atoms with Crippen molar-refractivity contribution in [1.29, 1.82) is 0 Å². The van der Waals surface area contributed by atoms with E-state index in [2.05, 4.69) is 33.0 Å². The SMILES string of the molecule is CC(C)CC(C)(C)C1CCCN1. The molecule has 0 aromatic rings. The highest BCUT2D eigenvalue weighted by atomic mass is 15.0. The lowest BCUT2D eigenvalue weighted by atomic mass is 9.77. The minimum Gasteiger partial charge on any atom is -0.313 e. The average molecular weight is 169 g/mol. The van der Waals surface area contributed by atoms with Gasteiger partial charge in [-0.05, 0) is 37.1 Å². The molecule has 1 unspecified atom stereocenters. The summed E-state index contributed by atoms with van der Waals surface area (Å²) in [5.74, 6) is 0.822. The van der Waals surface area contributed by atoms with Gasteiger partial charge >= 0.3 is 0 Å². The van der Waals surface area contributed by atoms with Gasteiger partial charge in [0.25, 0.3) is 0 Å². The quantitative estimate of drug-likeness (QED) is 0.685. The standard InChI is InChI=1S/C11H23N/c1-9(2)8-11(3,4)10-6-5-7-12-10/h9-10,12H,5-8H2,1-4H3. The van der Waals surface area contributed by atoms with Crippen LogP contribution in [0.3, 0.4) is 0 Å². The topological polar surface area (TPSA) is 12.0 Å². The van der Waals surface area contributed by atoms with Crippen molar-refractivity contribution in [3.8, 4) is 0 Å². The molecule has 1 rings (SSSR count). The Hall–Kier alpha value is -0.0400. The van der Waals surface area contributed by atoms with Gasteiger partial charge in [-0.2, -0.15) is 0 Å². The third kappa shape index (κ3) is 2.48. The number of hydrogen-bond donors (Lipinski definition) is 1. The predicted molar refractivity (Wildman–Crippen MR) is 54.3 cm³/mol. The molecular formula is C11H23N. The van der Waals surface area contributed by atoms with Gasteiger partial charge in [-0.3, -0.25) is 0 Å². The molecule has 12 heavy (non-hydrogen) atoms. The summed E-state index contributed by atoms with van der Waals surface area (Å²) in [5.41, 5.74) is 0.491. The summed E-state index contributed by atoms with van der Waals surface area (Å²) in [6, 6.07) is 0.764. The molecule has 0 spiro atoms. The van der Waals surface area contributed by atoms with Gasteiger partial charge in [-0.1, -0.05) is 27.7 Å². The van der Waals surface area contributed by atoms with Gasteiger partial charge in [0, 0.05) is 6.04 Å². The molecule has 0 aromatic heterocycles. The molecule has 1 nitrogen and oxygen atoms in total. The lowest BCUT2D eigenvalue weighted by Crippen LogP contribution is -2.38. The average Bonchev–Trinajstić information content (AvgIpc) is 2.32. The van der Waals surface area contributed by atoms with Crippen LogP contribution in [-0.2, 0) is 0 Å². The Labute approximate surface area is 76.9 Å². The summed E-state index contributed by atoms with van der Waals surface area (Å²) >= 11 is 0. The largest absolute Gasteiger partial charge is 0.313 e. The highest BCUT2D eigenvalue weighted by molar-refractivity contribution is 4.88. The van der Waals surface area contributed by atoms with Crippen molar-refractivity contribution in [2.24, 2.45) is 11.3 Å². The molecule has 0 aromatic carbocycles. The summed E-state index contributed by atoms with van der Waals surface area (Å²) in [6.07, 6.45) is 4.08. The van der Waals surface area contributed by atoms with Gasteiger partial charge in [0.2, 0.25) is 0 Å². The molecule has 0 amide bonds. The molecule has 0 aliphatic carbocycles. The molecule has 1 fully saturated rings. The monoisotopic (exact) mass is 169 g/mol. The zero-order valence-corrected chi connectivity index (χ0v) is 8.98. The van der Waals surface area contributed by atoms with Gasteiger partial charge in [-0.15, -0.1) is 0 Å². The van der Waals surface area contributed by atoms with E-state index in [0.29, 0.717) is 5.41 Å². The smallest absolute Gasteiger partial charge is 0.0119 e. The van der Waals surface area contributed by atoms with Crippen molar-refractivity contribution in [2.45, 2.75) is 53.0 Å². The van der Waals surface area contributed by atoms with Crippen molar-refractivity contribution in [3.63, 3.8) is 0 Å². The van der Waals surface area contributed by atoms with Crippen LogP contribution in [0.1, 0.15) is 47.0 Å². The second-order valence-corrected chi connectivity index (χ2v) is 5.24. The van der Waals surface area contributed by atoms with E-state index >= 15 is 0 Å². The molecule has 0 radical (unpaired) electrons. The molecule has 0 bridgehead atoms. The lowest BCUT2D eigenvalue weighted by Gasteiger charge is -2.33. The zero-order chi connectivity index (χ0) is 9.19. The van der Waals surface area contributed by atoms with Crippen molar-refractivity contribution in [3.05, 3.63) is 0 Å². The van der Waals surface area contributed by atoms with Crippen molar-refractivity contribution < 1.29 is 0 Å². The van der Waals surface area contributed by atoms with Crippen LogP contribution in [0.25, 0.3) is 0 Å². The predicted octanol–water partition coefficient (Wildman–Crippen LogP) is 2.81. The van der Waals surface area contributed by atoms with Gasteiger partial charge in [0.15, 0.2) is 0 Å². The summed E-state index contributed by atoms with van der Waals surface area (Å²) in [7, 11) is 0. The number of rotatable bonds is 3. The fraction of sp³-hybridized carbons (Fsp3) is 1.00. The maximum absolute atomic E-state index is 3.60. The Morgan fingerprint density at radius 1 is 1.42 bits per heavy atom. The van der Waals surface area contributed by atoms with Crippen LogP contribution in [0, 0.1) is 11.3 Å². The Balaban J connectivity index is 2.45. The first-order valence-electron chi connectivity index (χ1n) is 5.26. The molecule has 0 saturated carbocycles. The fourth-order valence-corrected chi connectivity index (χ4v) is 2.55. The van der Waals surface area contributed by atoms with E-state index in [0.717, 1.165) is 12.0 Å². The second-order valence-electron chi connectivity index (χ2n) is 5.24. The molecule has 72 valence electrons. The minimum absolute atomic E-state index is 0.491. The maximum Gasteiger partial charge on any atom is 0.0119 e. The highest BCUT2D eigenvalue weighted by Gasteiger charge is 2.31. The van der Waals surface area contributed by atoms with E-state index < -0.39 is 0 Å². The highest BCUT2D eigenvalue weighted by Crippen LogP contribution is 2.33. The molecule has 1 aliphatic heterocycles. The van der Waals surface area contributed by atoms with Crippen LogP contribution in [0.2, 0.25) is 0 Å². The molecule has 1 atom stereocenters. The van der Waals surface area contributed by atoms with Crippen LogP contribution < -0.4 is 5.32 Å². The number of hydrogen-bond acceptors (Lipinski definition) is 1. The van der Waals surface area contributed by atoms with Gasteiger partial charge in [-0.25, -0.2) is 0 Å². The molecule has 1 N–H and O–H groups in total. The van der Waals surface area contributed by atoms with E-state index in [4.69, 9.17) is 0 Å². The van der Waals surface area contributed by atoms with Crippen molar-refractivity contribution >= 4 is 0 Å². The molecule has 1 heterocycles. The second kappa shape index (κ2) is 3.78. The van der Waals surface area contributed by atoms with E-state index in [1.54, 1.807) is 0 Å². The van der Waals surface area contributed by atoms with Crippen LogP contribution in [0.5, 0.6) is 0 Å². The fourth-order valence-electron chi connectivity index (χ4n) is 2.55. The van der Waals surface area contributed by atoms with Crippen LogP contribution in [0.4, 0.5) is 0 Å². The van der Waals surface area contributed by atoms with Crippen LogP contribution in [0.15, 0.2) is 0 Å².